The van der Waals surface area contributed by atoms with E-state index in [0.29, 0.717) is 49.3 Å². The average molecular weight is 458 g/mol. The summed E-state index contributed by atoms with van der Waals surface area (Å²) in [4.78, 5) is 47.8. The van der Waals surface area contributed by atoms with E-state index in [2.05, 4.69) is 30.8 Å². The fourth-order valence-electron chi connectivity index (χ4n) is 3.60. The van der Waals surface area contributed by atoms with Crippen molar-refractivity contribution in [2.45, 2.75) is 13.5 Å². The maximum Gasteiger partial charge on any atom is 0.316 e. The predicted molar refractivity (Wildman–Crippen MR) is 115 cm³/mol. The number of piperazine rings is 1. The van der Waals surface area contributed by atoms with Gasteiger partial charge in [0.15, 0.2) is 0 Å². The minimum absolute atomic E-state index is 0.0922. The number of aromatic nitrogens is 3. The first-order valence-electron chi connectivity index (χ1n) is 9.40. The van der Waals surface area contributed by atoms with E-state index in [1.807, 2.05) is 12.1 Å². The summed E-state index contributed by atoms with van der Waals surface area (Å²) in [5.74, 6) is 0.798. The van der Waals surface area contributed by atoms with Gasteiger partial charge in [0.05, 0.1) is 11.0 Å². The summed E-state index contributed by atoms with van der Waals surface area (Å²) in [6.45, 7) is 4.75. The molecule has 0 bridgehead atoms. The van der Waals surface area contributed by atoms with Gasteiger partial charge in [-0.25, -0.2) is 4.98 Å². The number of aryl methyl sites for hydroxylation is 1. The number of hydrogen-bond acceptors (Lipinski definition) is 5. The van der Waals surface area contributed by atoms with Gasteiger partial charge in [-0.3, -0.25) is 14.4 Å². The molecule has 1 aromatic carbocycles. The molecule has 29 heavy (non-hydrogen) atoms. The largest absolute Gasteiger partial charge is 0.353 e. The number of rotatable bonds is 3. The molecule has 0 saturated carbocycles. The normalized spacial score (nSPS) is 14.4. The molecule has 0 aliphatic carbocycles. The van der Waals surface area contributed by atoms with Gasteiger partial charge in [-0.15, -0.1) is 0 Å². The van der Waals surface area contributed by atoms with Gasteiger partial charge in [0.1, 0.15) is 5.82 Å². The maximum atomic E-state index is 13.0. The second kappa shape index (κ2) is 7.82. The van der Waals surface area contributed by atoms with Crippen LogP contribution >= 0.6 is 15.9 Å². The summed E-state index contributed by atoms with van der Waals surface area (Å²) >= 11 is 3.38. The quantitative estimate of drug-likeness (QED) is 0.605. The number of carbonyl (C=O) groups excluding carboxylic acids is 1. The molecule has 2 aromatic heterocycles. The molecule has 0 radical (unpaired) electrons. The van der Waals surface area contributed by atoms with Crippen molar-refractivity contribution in [2.75, 3.05) is 31.1 Å². The number of carbonyl (C=O) groups is 1. The molecule has 1 N–H and O–H groups in total. The Labute approximate surface area is 174 Å². The Morgan fingerprint density at radius 2 is 1.90 bits per heavy atom. The van der Waals surface area contributed by atoms with Crippen LogP contribution in [-0.2, 0) is 6.54 Å². The van der Waals surface area contributed by atoms with E-state index >= 15 is 0 Å². The van der Waals surface area contributed by atoms with Crippen LogP contribution in [0.5, 0.6) is 0 Å². The van der Waals surface area contributed by atoms with Crippen LogP contribution < -0.4 is 16.0 Å². The van der Waals surface area contributed by atoms with Crippen molar-refractivity contribution in [3.63, 3.8) is 0 Å². The van der Waals surface area contributed by atoms with Gasteiger partial charge >= 0.3 is 11.1 Å². The third-order valence-electron chi connectivity index (χ3n) is 5.14. The molecule has 0 atom stereocenters. The summed E-state index contributed by atoms with van der Waals surface area (Å²) in [7, 11) is 0. The highest BCUT2D eigenvalue weighted by molar-refractivity contribution is 9.10. The number of hydrogen-bond donors (Lipinski definition) is 1. The number of H-pyrrole nitrogens is 1. The highest BCUT2D eigenvalue weighted by Crippen LogP contribution is 2.18. The Balaban J connectivity index is 1.53. The first-order chi connectivity index (χ1) is 14.0. The molecular formula is C20H20BrN5O3. The van der Waals surface area contributed by atoms with Crippen LogP contribution in [0.25, 0.3) is 11.0 Å². The smallest absolute Gasteiger partial charge is 0.316 e. The van der Waals surface area contributed by atoms with Crippen LogP contribution in [0, 0.1) is 0 Å². The van der Waals surface area contributed by atoms with E-state index in [0.717, 1.165) is 10.3 Å². The Hall–Kier alpha value is -2.94. The molecule has 8 nitrogen and oxygen atoms in total. The van der Waals surface area contributed by atoms with E-state index in [-0.39, 0.29) is 5.91 Å². The zero-order valence-corrected chi connectivity index (χ0v) is 17.5. The van der Waals surface area contributed by atoms with E-state index in [1.54, 1.807) is 36.2 Å². The second-order valence-corrected chi connectivity index (χ2v) is 7.77. The SMILES string of the molecule is CCn1c(=O)c(=O)[nH]c2cc(C(=O)N3CCN(c4ccc(Br)cn4)CC3)ccc21. The van der Waals surface area contributed by atoms with Crippen molar-refractivity contribution in [3.8, 4) is 0 Å². The number of fused-ring (bicyclic) bond motifs is 1. The maximum absolute atomic E-state index is 13.0. The third-order valence-corrected chi connectivity index (χ3v) is 5.61. The zero-order valence-electron chi connectivity index (χ0n) is 15.9. The van der Waals surface area contributed by atoms with Gasteiger partial charge in [-0.1, -0.05) is 0 Å². The van der Waals surface area contributed by atoms with E-state index in [1.165, 1.54) is 4.57 Å². The molecule has 1 aliphatic heterocycles. The monoisotopic (exact) mass is 457 g/mol. The summed E-state index contributed by atoms with van der Waals surface area (Å²) in [6, 6.07) is 8.97. The van der Waals surface area contributed by atoms with Crippen molar-refractivity contribution in [2.24, 2.45) is 0 Å². The number of nitrogens with zero attached hydrogens (tertiary/aromatic N) is 4. The number of anilines is 1. The van der Waals surface area contributed by atoms with Crippen LogP contribution in [-0.4, -0.2) is 51.5 Å². The van der Waals surface area contributed by atoms with Crippen molar-refractivity contribution in [1.82, 2.24) is 19.4 Å². The Kier molecular flexibility index (Phi) is 5.23. The molecule has 0 unspecified atom stereocenters. The number of nitrogens with one attached hydrogen (secondary N) is 1. The van der Waals surface area contributed by atoms with Gasteiger partial charge in [0.25, 0.3) is 5.91 Å². The molecule has 4 rings (SSSR count). The van der Waals surface area contributed by atoms with Crippen LogP contribution in [0.3, 0.4) is 0 Å². The fraction of sp³-hybridized carbons (Fsp3) is 0.300. The molecule has 3 aromatic rings. The molecule has 1 saturated heterocycles. The molecule has 9 heteroatoms. The first-order valence-corrected chi connectivity index (χ1v) is 10.2. The average Bonchev–Trinajstić information content (AvgIpc) is 2.74. The Morgan fingerprint density at radius 3 is 2.55 bits per heavy atom. The Bertz CT molecular complexity index is 1180. The number of pyridine rings is 1. The van der Waals surface area contributed by atoms with Gasteiger partial charge in [-0.2, -0.15) is 0 Å². The number of aromatic amines is 1. The summed E-state index contributed by atoms with van der Waals surface area (Å²) in [5.41, 5.74) is 0.320. The number of benzene rings is 1. The Morgan fingerprint density at radius 1 is 1.14 bits per heavy atom. The predicted octanol–water partition coefficient (Wildman–Crippen LogP) is 1.83. The van der Waals surface area contributed by atoms with Gasteiger partial charge in [0, 0.05) is 49.0 Å². The molecule has 1 fully saturated rings. The van der Waals surface area contributed by atoms with Gasteiger partial charge in [-0.05, 0) is 53.2 Å². The van der Waals surface area contributed by atoms with Gasteiger partial charge in [0.2, 0.25) is 0 Å². The summed E-state index contributed by atoms with van der Waals surface area (Å²) < 4.78 is 2.34. The van der Waals surface area contributed by atoms with Crippen LogP contribution in [0.15, 0.2) is 50.6 Å². The highest BCUT2D eigenvalue weighted by Gasteiger charge is 2.23. The number of amides is 1. The molecule has 1 aliphatic rings. The van der Waals surface area contributed by atoms with Crippen molar-refractivity contribution in [3.05, 3.63) is 67.3 Å². The van der Waals surface area contributed by atoms with Crippen LogP contribution in [0.2, 0.25) is 0 Å². The van der Waals surface area contributed by atoms with Crippen molar-refractivity contribution >= 4 is 38.7 Å². The lowest BCUT2D eigenvalue weighted by molar-refractivity contribution is 0.0746. The highest BCUT2D eigenvalue weighted by atomic mass is 79.9. The molecule has 150 valence electrons. The van der Waals surface area contributed by atoms with Crippen LogP contribution in [0.4, 0.5) is 5.82 Å². The zero-order chi connectivity index (χ0) is 20.5. The molecular weight excluding hydrogens is 438 g/mol. The summed E-state index contributed by atoms with van der Waals surface area (Å²) in [5, 5.41) is 0. The number of halogens is 1. The minimum Gasteiger partial charge on any atom is -0.353 e. The lowest BCUT2D eigenvalue weighted by Crippen LogP contribution is -2.49. The van der Waals surface area contributed by atoms with Crippen molar-refractivity contribution in [1.29, 1.82) is 0 Å². The lowest BCUT2D eigenvalue weighted by atomic mass is 10.1. The van der Waals surface area contributed by atoms with E-state index in [9.17, 15) is 14.4 Å². The second-order valence-electron chi connectivity index (χ2n) is 6.85. The van der Waals surface area contributed by atoms with E-state index < -0.39 is 11.1 Å². The summed E-state index contributed by atoms with van der Waals surface area (Å²) in [6.07, 6.45) is 1.76. The first kappa shape index (κ1) is 19.4. The van der Waals surface area contributed by atoms with Crippen molar-refractivity contribution < 1.29 is 4.79 Å². The lowest BCUT2D eigenvalue weighted by Gasteiger charge is -2.35. The minimum atomic E-state index is -0.681. The standard InChI is InChI=1S/C20H20BrN5O3/c1-2-26-16-5-3-13(11-15(16)23-18(27)20(26)29)19(28)25-9-7-24(8-10-25)17-6-4-14(21)12-22-17/h3-6,11-12H,2,7-10H2,1H3,(H,23,27). The fourth-order valence-corrected chi connectivity index (χ4v) is 3.84. The third kappa shape index (κ3) is 3.69. The topological polar surface area (TPSA) is 91.3 Å². The molecule has 1 amide bonds. The molecule has 0 spiro atoms. The molecule has 3 heterocycles. The van der Waals surface area contributed by atoms with E-state index in [4.69, 9.17) is 0 Å². The van der Waals surface area contributed by atoms with Crippen LogP contribution in [0.1, 0.15) is 17.3 Å². The van der Waals surface area contributed by atoms with Gasteiger partial charge < -0.3 is 19.4 Å².